The number of pyridine rings is 1. The van der Waals surface area contributed by atoms with E-state index in [-0.39, 0.29) is 5.56 Å². The van der Waals surface area contributed by atoms with Gasteiger partial charge in [0.1, 0.15) is 11.6 Å². The van der Waals surface area contributed by atoms with E-state index in [0.29, 0.717) is 12.3 Å². The normalized spacial score (nSPS) is 18.2. The molecule has 4 heteroatoms. The lowest BCUT2D eigenvalue weighted by Crippen LogP contribution is -2.15. The van der Waals surface area contributed by atoms with Gasteiger partial charge < -0.3 is 5.73 Å². The molecule has 1 heterocycles. The average molecular weight is 198 g/mol. The fraction of sp³-hybridized carbons (Fsp3) is 0.500. The first kappa shape index (κ1) is 9.52. The molecule has 0 saturated heterocycles. The van der Waals surface area contributed by atoms with Crippen molar-refractivity contribution < 1.29 is 8.78 Å². The van der Waals surface area contributed by atoms with Crippen LogP contribution in [-0.2, 0) is 0 Å². The van der Waals surface area contributed by atoms with E-state index in [1.54, 1.807) is 0 Å². The van der Waals surface area contributed by atoms with E-state index >= 15 is 0 Å². The predicted molar refractivity (Wildman–Crippen MR) is 48.4 cm³/mol. The van der Waals surface area contributed by atoms with Crippen molar-refractivity contribution in [2.75, 3.05) is 0 Å². The van der Waals surface area contributed by atoms with Crippen molar-refractivity contribution >= 4 is 0 Å². The lowest BCUT2D eigenvalue weighted by molar-refractivity contribution is 0.492. The van der Waals surface area contributed by atoms with Crippen LogP contribution >= 0.6 is 0 Å². The van der Waals surface area contributed by atoms with E-state index in [4.69, 9.17) is 5.73 Å². The second-order valence-electron chi connectivity index (χ2n) is 3.80. The highest BCUT2D eigenvalue weighted by Crippen LogP contribution is 2.37. The summed E-state index contributed by atoms with van der Waals surface area (Å²) in [7, 11) is 0. The van der Waals surface area contributed by atoms with Gasteiger partial charge in [-0.1, -0.05) is 12.8 Å². The zero-order chi connectivity index (χ0) is 10.1. The smallest absolute Gasteiger partial charge is 0.149 e. The Morgan fingerprint density at radius 1 is 1.36 bits per heavy atom. The monoisotopic (exact) mass is 198 g/mol. The molecule has 1 atom stereocenters. The van der Waals surface area contributed by atoms with Crippen LogP contribution in [0.5, 0.6) is 0 Å². The van der Waals surface area contributed by atoms with Crippen LogP contribution in [-0.4, -0.2) is 4.98 Å². The Morgan fingerprint density at radius 3 is 2.43 bits per heavy atom. The third-order valence-electron chi connectivity index (χ3n) is 2.55. The van der Waals surface area contributed by atoms with Crippen LogP contribution in [0.4, 0.5) is 8.78 Å². The molecule has 0 aromatic carbocycles. The van der Waals surface area contributed by atoms with Gasteiger partial charge >= 0.3 is 0 Å². The standard InChI is InChI=1S/C10H12F2N2/c11-7-4-14-5-8(12)10(7)9(13)3-6-1-2-6/h4-6,9H,1-3,13H2. The van der Waals surface area contributed by atoms with Crippen LogP contribution in [0.15, 0.2) is 12.4 Å². The van der Waals surface area contributed by atoms with Crippen LogP contribution in [0.2, 0.25) is 0 Å². The molecule has 2 N–H and O–H groups in total. The maximum Gasteiger partial charge on any atom is 0.149 e. The highest BCUT2D eigenvalue weighted by Gasteiger charge is 2.27. The summed E-state index contributed by atoms with van der Waals surface area (Å²) < 4.78 is 26.4. The minimum Gasteiger partial charge on any atom is -0.324 e. The van der Waals surface area contributed by atoms with Crippen molar-refractivity contribution in [3.05, 3.63) is 29.6 Å². The molecule has 76 valence electrons. The highest BCUT2D eigenvalue weighted by atomic mass is 19.1. The summed E-state index contributed by atoms with van der Waals surface area (Å²) in [6.07, 6.45) is 4.93. The first-order chi connectivity index (χ1) is 6.68. The molecule has 1 fully saturated rings. The van der Waals surface area contributed by atoms with Gasteiger partial charge in [-0.2, -0.15) is 0 Å². The van der Waals surface area contributed by atoms with E-state index in [1.807, 2.05) is 0 Å². The van der Waals surface area contributed by atoms with Crippen LogP contribution in [0.3, 0.4) is 0 Å². The summed E-state index contributed by atoms with van der Waals surface area (Å²) in [4.78, 5) is 3.42. The first-order valence-electron chi connectivity index (χ1n) is 4.73. The first-order valence-corrected chi connectivity index (χ1v) is 4.73. The van der Waals surface area contributed by atoms with Gasteiger partial charge in [0, 0.05) is 11.6 Å². The molecule has 2 rings (SSSR count). The quantitative estimate of drug-likeness (QED) is 0.808. The van der Waals surface area contributed by atoms with Crippen LogP contribution in [0.1, 0.15) is 30.9 Å². The van der Waals surface area contributed by atoms with Crippen molar-refractivity contribution in [1.82, 2.24) is 4.98 Å². The second-order valence-corrected chi connectivity index (χ2v) is 3.80. The lowest BCUT2D eigenvalue weighted by Gasteiger charge is -2.12. The Balaban J connectivity index is 2.19. The third-order valence-corrected chi connectivity index (χ3v) is 2.55. The summed E-state index contributed by atoms with van der Waals surface area (Å²) in [5, 5.41) is 0. The summed E-state index contributed by atoms with van der Waals surface area (Å²) in [5.41, 5.74) is 5.71. The Hall–Kier alpha value is -1.03. The van der Waals surface area contributed by atoms with Gasteiger partial charge in [-0.25, -0.2) is 8.78 Å². The molecule has 0 bridgehead atoms. The van der Waals surface area contributed by atoms with E-state index in [2.05, 4.69) is 4.98 Å². The van der Waals surface area contributed by atoms with E-state index in [1.165, 1.54) is 0 Å². The molecule has 0 amide bonds. The highest BCUT2D eigenvalue weighted by molar-refractivity contribution is 5.19. The van der Waals surface area contributed by atoms with Gasteiger partial charge in [0.15, 0.2) is 0 Å². The molecular formula is C10H12F2N2. The van der Waals surface area contributed by atoms with Gasteiger partial charge in [0.05, 0.1) is 12.4 Å². The molecule has 1 unspecified atom stereocenters. The number of aromatic nitrogens is 1. The third kappa shape index (κ3) is 1.90. The molecule has 1 aliphatic carbocycles. The van der Waals surface area contributed by atoms with Gasteiger partial charge in [-0.15, -0.1) is 0 Å². The topological polar surface area (TPSA) is 38.9 Å². The molecule has 2 nitrogen and oxygen atoms in total. The summed E-state index contributed by atoms with van der Waals surface area (Å²) in [6.45, 7) is 0. The predicted octanol–water partition coefficient (Wildman–Crippen LogP) is 2.16. The van der Waals surface area contributed by atoms with Crippen LogP contribution < -0.4 is 5.73 Å². The zero-order valence-corrected chi connectivity index (χ0v) is 7.71. The number of nitrogens with two attached hydrogens (primary N) is 1. The summed E-state index contributed by atoms with van der Waals surface area (Å²) >= 11 is 0. The van der Waals surface area contributed by atoms with Gasteiger partial charge in [0.25, 0.3) is 0 Å². The molecule has 1 aliphatic rings. The fourth-order valence-corrected chi connectivity index (χ4v) is 1.61. The maximum atomic E-state index is 13.2. The van der Waals surface area contributed by atoms with Crippen molar-refractivity contribution in [1.29, 1.82) is 0 Å². The van der Waals surface area contributed by atoms with Gasteiger partial charge in [-0.05, 0) is 12.3 Å². The van der Waals surface area contributed by atoms with Crippen LogP contribution in [0.25, 0.3) is 0 Å². The average Bonchev–Trinajstić information content (AvgIpc) is 2.87. The molecule has 0 aliphatic heterocycles. The van der Waals surface area contributed by atoms with E-state index in [9.17, 15) is 8.78 Å². The van der Waals surface area contributed by atoms with Gasteiger partial charge in [0.2, 0.25) is 0 Å². The molecule has 14 heavy (non-hydrogen) atoms. The molecular weight excluding hydrogens is 186 g/mol. The van der Waals surface area contributed by atoms with Crippen molar-refractivity contribution in [2.45, 2.75) is 25.3 Å². The summed E-state index contributed by atoms with van der Waals surface area (Å²) in [6, 6.07) is -0.537. The number of rotatable bonds is 3. The summed E-state index contributed by atoms with van der Waals surface area (Å²) in [5.74, 6) is -0.728. The SMILES string of the molecule is NC(CC1CC1)c1c(F)cncc1F. The maximum absolute atomic E-state index is 13.2. The molecule has 1 aromatic heterocycles. The largest absolute Gasteiger partial charge is 0.324 e. The molecule has 1 aromatic rings. The second kappa shape index (κ2) is 3.61. The molecule has 1 saturated carbocycles. The Labute approximate surface area is 81.1 Å². The fourth-order valence-electron chi connectivity index (χ4n) is 1.61. The zero-order valence-electron chi connectivity index (χ0n) is 7.71. The molecule has 0 radical (unpaired) electrons. The minimum atomic E-state index is -0.641. The van der Waals surface area contributed by atoms with Crippen molar-refractivity contribution in [3.8, 4) is 0 Å². The number of hydrogen-bond donors (Lipinski definition) is 1. The minimum absolute atomic E-state index is 0.0214. The Bertz CT molecular complexity index is 317. The lowest BCUT2D eigenvalue weighted by atomic mass is 10.0. The molecule has 0 spiro atoms. The van der Waals surface area contributed by atoms with Crippen molar-refractivity contribution in [3.63, 3.8) is 0 Å². The van der Waals surface area contributed by atoms with Crippen LogP contribution in [0, 0.1) is 17.6 Å². The van der Waals surface area contributed by atoms with E-state index in [0.717, 1.165) is 25.2 Å². The Kier molecular flexibility index (Phi) is 2.46. The van der Waals surface area contributed by atoms with E-state index < -0.39 is 17.7 Å². The number of hydrogen-bond acceptors (Lipinski definition) is 2. The number of halogens is 2. The Morgan fingerprint density at radius 2 is 1.93 bits per heavy atom. The van der Waals surface area contributed by atoms with Crippen molar-refractivity contribution in [2.24, 2.45) is 11.7 Å². The van der Waals surface area contributed by atoms with Gasteiger partial charge in [-0.3, -0.25) is 4.98 Å². The number of nitrogens with zero attached hydrogens (tertiary/aromatic N) is 1.